The van der Waals surface area contributed by atoms with E-state index in [4.69, 9.17) is 10.3 Å². The van der Waals surface area contributed by atoms with Gasteiger partial charge < -0.3 is 19.9 Å². The lowest BCUT2D eigenvalue weighted by Crippen LogP contribution is -2.21. The molecule has 0 aliphatic rings. The molecule has 0 aliphatic carbocycles. The highest BCUT2D eigenvalue weighted by molar-refractivity contribution is 5.94. The van der Waals surface area contributed by atoms with Gasteiger partial charge in [0.25, 0.3) is 11.5 Å². The van der Waals surface area contributed by atoms with E-state index in [-0.39, 0.29) is 17.2 Å². The van der Waals surface area contributed by atoms with Gasteiger partial charge in [0.15, 0.2) is 0 Å². The molecule has 0 saturated heterocycles. The quantitative estimate of drug-likeness (QED) is 0.556. The van der Waals surface area contributed by atoms with Crippen LogP contribution in [0.5, 0.6) is 5.75 Å². The van der Waals surface area contributed by atoms with Crippen molar-refractivity contribution in [2.24, 2.45) is 5.11 Å². The molecule has 0 saturated carbocycles. The van der Waals surface area contributed by atoms with Gasteiger partial charge in [-0.15, -0.1) is 0 Å². The fraction of sp³-hybridized carbons (Fsp3) is 0.150. The summed E-state index contributed by atoms with van der Waals surface area (Å²) < 4.78 is 5.16. The summed E-state index contributed by atoms with van der Waals surface area (Å²) in [5.41, 5.74) is 9.06. The minimum atomic E-state index is -0.411. The number of methoxy groups -OCH3 is 1. The van der Waals surface area contributed by atoms with E-state index in [0.717, 1.165) is 0 Å². The number of aromatic nitrogens is 2. The maximum Gasteiger partial charge on any atom is 0.259 e. The zero-order valence-corrected chi connectivity index (χ0v) is 16.2. The van der Waals surface area contributed by atoms with E-state index in [0.29, 0.717) is 28.0 Å². The van der Waals surface area contributed by atoms with Gasteiger partial charge in [-0.2, -0.15) is 5.11 Å². The van der Waals surface area contributed by atoms with Crippen molar-refractivity contribution in [1.82, 2.24) is 14.9 Å². The number of rotatable bonds is 6. The van der Waals surface area contributed by atoms with Crippen LogP contribution < -0.4 is 15.6 Å². The van der Waals surface area contributed by atoms with Crippen molar-refractivity contribution in [2.45, 2.75) is 0 Å². The van der Waals surface area contributed by atoms with Gasteiger partial charge in [-0.1, -0.05) is 0 Å². The summed E-state index contributed by atoms with van der Waals surface area (Å²) in [4.78, 5) is 32.7. The third-order valence-corrected chi connectivity index (χ3v) is 4.21. The van der Waals surface area contributed by atoms with Crippen LogP contribution in [0.25, 0.3) is 16.7 Å². The third-order valence-electron chi connectivity index (χ3n) is 4.21. The van der Waals surface area contributed by atoms with Crippen molar-refractivity contribution in [3.63, 3.8) is 0 Å². The third kappa shape index (κ3) is 4.29. The van der Waals surface area contributed by atoms with E-state index in [2.05, 4.69) is 20.4 Å². The average Bonchev–Trinajstić information content (AvgIpc) is 2.73. The highest BCUT2D eigenvalue weighted by atomic mass is 16.5. The highest BCUT2D eigenvalue weighted by Gasteiger charge is 2.10. The van der Waals surface area contributed by atoms with Crippen molar-refractivity contribution in [1.29, 1.82) is 5.53 Å². The molecule has 9 heteroatoms. The number of carbonyl (C=O) groups is 1. The first kappa shape index (κ1) is 19.7. The average molecular weight is 392 g/mol. The molecule has 9 nitrogen and oxygen atoms in total. The molecule has 0 bridgehead atoms. The predicted molar refractivity (Wildman–Crippen MR) is 110 cm³/mol. The first-order valence-corrected chi connectivity index (χ1v) is 8.66. The number of hydrogen-bond donors (Lipinski definition) is 3. The number of pyridine rings is 2. The number of ether oxygens (including phenoxy) is 1. The molecule has 2 aromatic heterocycles. The van der Waals surface area contributed by atoms with E-state index in [1.54, 1.807) is 50.5 Å². The topological polar surface area (TPSA) is 124 Å². The molecule has 0 radical (unpaired) electrons. The zero-order chi connectivity index (χ0) is 21.0. The Kier molecular flexibility index (Phi) is 5.68. The molecule has 0 atom stereocenters. The van der Waals surface area contributed by atoms with Crippen LogP contribution in [0.15, 0.2) is 58.7 Å². The molecule has 148 valence electrons. The first-order chi connectivity index (χ1) is 13.9. The Hall–Kier alpha value is -4.01. The Bertz CT molecular complexity index is 1150. The van der Waals surface area contributed by atoms with Crippen molar-refractivity contribution < 1.29 is 9.53 Å². The van der Waals surface area contributed by atoms with E-state index < -0.39 is 5.56 Å². The predicted octanol–water partition coefficient (Wildman–Crippen LogP) is 3.07. The van der Waals surface area contributed by atoms with Crippen LogP contribution in [0.2, 0.25) is 0 Å². The fourth-order valence-corrected chi connectivity index (χ4v) is 2.66. The zero-order valence-electron chi connectivity index (χ0n) is 16.2. The molecular formula is C20H20N6O3. The Morgan fingerprint density at radius 2 is 2.00 bits per heavy atom. The molecule has 29 heavy (non-hydrogen) atoms. The number of anilines is 1. The minimum absolute atomic E-state index is 0.0966. The van der Waals surface area contributed by atoms with Gasteiger partial charge in [0.1, 0.15) is 17.1 Å². The fourth-order valence-electron chi connectivity index (χ4n) is 2.66. The standard InChI is InChI=1S/C20H20N6O3/c1-26(2)20(28)12-4-6-14(7-5-12)22-11-17(25-21)16-9-13-8-15(29-3)10-23-18(13)24-19(16)27/h4-11,21-22H,1-3H3,(H,23,24,27)/b17-11-,25-21?. The number of fused-ring (bicyclic) bond motifs is 1. The normalized spacial score (nSPS) is 11.2. The summed E-state index contributed by atoms with van der Waals surface area (Å²) in [5.74, 6) is 0.454. The van der Waals surface area contributed by atoms with Gasteiger partial charge in [-0.25, -0.2) is 10.5 Å². The number of nitrogens with one attached hydrogen (secondary N) is 3. The van der Waals surface area contributed by atoms with Crippen LogP contribution in [0.3, 0.4) is 0 Å². The summed E-state index contributed by atoms with van der Waals surface area (Å²) in [6.45, 7) is 0. The second kappa shape index (κ2) is 8.34. The van der Waals surface area contributed by atoms with Gasteiger partial charge in [-0.3, -0.25) is 9.59 Å². The molecule has 1 amide bonds. The minimum Gasteiger partial charge on any atom is -0.495 e. The van der Waals surface area contributed by atoms with E-state index in [1.165, 1.54) is 24.4 Å². The monoisotopic (exact) mass is 392 g/mol. The van der Waals surface area contributed by atoms with Crippen LogP contribution >= 0.6 is 0 Å². The van der Waals surface area contributed by atoms with Gasteiger partial charge in [0.2, 0.25) is 0 Å². The Morgan fingerprint density at radius 3 is 2.62 bits per heavy atom. The van der Waals surface area contributed by atoms with Gasteiger partial charge in [-0.05, 0) is 36.4 Å². The van der Waals surface area contributed by atoms with Crippen LogP contribution in [0, 0.1) is 5.53 Å². The second-order valence-corrected chi connectivity index (χ2v) is 6.39. The SMILES string of the molecule is COc1cnc2[nH]c(=O)c(/C(=C/Nc3ccc(C(=O)N(C)C)cc3)N=N)cc2c1. The summed E-state index contributed by atoms with van der Waals surface area (Å²) in [5, 5.41) is 7.12. The van der Waals surface area contributed by atoms with E-state index in [1.807, 2.05) is 0 Å². The molecule has 1 aromatic carbocycles. The molecule has 0 fully saturated rings. The number of carbonyl (C=O) groups excluding carboxylic acids is 1. The number of benzene rings is 1. The van der Waals surface area contributed by atoms with Crippen LogP contribution in [-0.2, 0) is 0 Å². The first-order valence-electron chi connectivity index (χ1n) is 8.66. The molecule has 0 aliphatic heterocycles. The Morgan fingerprint density at radius 1 is 1.28 bits per heavy atom. The number of aromatic amines is 1. The van der Waals surface area contributed by atoms with Crippen LogP contribution in [0.1, 0.15) is 15.9 Å². The van der Waals surface area contributed by atoms with Crippen molar-refractivity contribution >= 4 is 28.3 Å². The number of amides is 1. The molecule has 3 rings (SSSR count). The van der Waals surface area contributed by atoms with Crippen molar-refractivity contribution in [3.8, 4) is 5.75 Å². The largest absolute Gasteiger partial charge is 0.495 e. The number of nitrogens with zero attached hydrogens (tertiary/aromatic N) is 3. The summed E-state index contributed by atoms with van der Waals surface area (Å²) >= 11 is 0. The lowest BCUT2D eigenvalue weighted by Gasteiger charge is -2.10. The Balaban J connectivity index is 1.90. The van der Waals surface area contributed by atoms with E-state index in [9.17, 15) is 9.59 Å². The van der Waals surface area contributed by atoms with E-state index >= 15 is 0 Å². The molecule has 3 aromatic rings. The summed E-state index contributed by atoms with van der Waals surface area (Å²) in [6, 6.07) is 10.2. The number of H-pyrrole nitrogens is 1. The smallest absolute Gasteiger partial charge is 0.259 e. The molecule has 0 spiro atoms. The maximum absolute atomic E-state index is 12.4. The molecule has 3 N–H and O–H groups in total. The maximum atomic E-state index is 12.4. The van der Waals surface area contributed by atoms with Crippen LogP contribution in [-0.4, -0.2) is 42.0 Å². The van der Waals surface area contributed by atoms with Crippen molar-refractivity contribution in [2.75, 3.05) is 26.5 Å². The van der Waals surface area contributed by atoms with Gasteiger partial charge >= 0.3 is 0 Å². The van der Waals surface area contributed by atoms with Gasteiger partial charge in [0, 0.05) is 36.9 Å². The molecular weight excluding hydrogens is 372 g/mol. The summed E-state index contributed by atoms with van der Waals surface area (Å²) in [7, 11) is 4.90. The number of hydrogen-bond acceptors (Lipinski definition) is 7. The molecule has 0 unspecified atom stereocenters. The van der Waals surface area contributed by atoms with Gasteiger partial charge in [0.05, 0.1) is 18.9 Å². The van der Waals surface area contributed by atoms with Crippen LogP contribution in [0.4, 0.5) is 5.69 Å². The Labute approximate surface area is 166 Å². The second-order valence-electron chi connectivity index (χ2n) is 6.39. The van der Waals surface area contributed by atoms with Crippen molar-refractivity contribution in [3.05, 3.63) is 70.3 Å². The lowest BCUT2D eigenvalue weighted by atomic mass is 10.1. The lowest BCUT2D eigenvalue weighted by molar-refractivity contribution is 0.0827. The summed E-state index contributed by atoms with van der Waals surface area (Å²) in [6.07, 6.45) is 2.97. The highest BCUT2D eigenvalue weighted by Crippen LogP contribution is 2.20. The molecule has 2 heterocycles.